The van der Waals surface area contributed by atoms with Crippen molar-refractivity contribution in [1.29, 1.82) is 0 Å². The lowest BCUT2D eigenvalue weighted by Crippen LogP contribution is -2.15. The molecule has 0 radical (unpaired) electrons. The summed E-state index contributed by atoms with van der Waals surface area (Å²) < 4.78 is 5.19. The van der Waals surface area contributed by atoms with Crippen LogP contribution in [0.3, 0.4) is 0 Å². The highest BCUT2D eigenvalue weighted by Crippen LogP contribution is 2.22. The minimum atomic E-state index is 0.0922. The Kier molecular flexibility index (Phi) is 2.35. The fourth-order valence-corrected chi connectivity index (χ4v) is 1.27. The summed E-state index contributed by atoms with van der Waals surface area (Å²) in [6.07, 6.45) is 1.60. The summed E-state index contributed by atoms with van der Waals surface area (Å²) in [6, 6.07) is 1.86. The SMILES string of the molecule is Cc1cc(N(C)c2nc(N)nc(N)n2)co1. The van der Waals surface area contributed by atoms with E-state index in [2.05, 4.69) is 15.0 Å². The van der Waals surface area contributed by atoms with Crippen LogP contribution < -0.4 is 16.4 Å². The second-order valence-electron chi connectivity index (χ2n) is 3.33. The molecular weight excluding hydrogens is 208 g/mol. The molecule has 84 valence electrons. The van der Waals surface area contributed by atoms with Crippen LogP contribution in [-0.2, 0) is 0 Å². The Balaban J connectivity index is 2.37. The van der Waals surface area contributed by atoms with E-state index in [0.717, 1.165) is 11.4 Å². The van der Waals surface area contributed by atoms with Gasteiger partial charge in [0.1, 0.15) is 12.0 Å². The molecule has 16 heavy (non-hydrogen) atoms. The highest BCUT2D eigenvalue weighted by molar-refractivity contribution is 5.56. The number of furan rings is 1. The van der Waals surface area contributed by atoms with Gasteiger partial charge in [-0.05, 0) is 6.92 Å². The molecule has 0 saturated heterocycles. The topological polar surface area (TPSA) is 107 Å². The smallest absolute Gasteiger partial charge is 0.236 e. The van der Waals surface area contributed by atoms with Crippen molar-refractivity contribution in [2.45, 2.75) is 6.92 Å². The second-order valence-corrected chi connectivity index (χ2v) is 3.33. The maximum Gasteiger partial charge on any atom is 0.236 e. The van der Waals surface area contributed by atoms with Gasteiger partial charge in [0, 0.05) is 13.1 Å². The zero-order valence-corrected chi connectivity index (χ0v) is 9.01. The molecule has 0 atom stereocenters. The number of nitrogens with two attached hydrogens (primary N) is 2. The van der Waals surface area contributed by atoms with Crippen molar-refractivity contribution in [2.75, 3.05) is 23.4 Å². The minimum Gasteiger partial charge on any atom is -0.467 e. The van der Waals surface area contributed by atoms with Crippen molar-refractivity contribution < 1.29 is 4.42 Å². The van der Waals surface area contributed by atoms with Crippen molar-refractivity contribution in [2.24, 2.45) is 0 Å². The number of nitrogens with zero attached hydrogens (tertiary/aromatic N) is 4. The van der Waals surface area contributed by atoms with E-state index in [0.29, 0.717) is 5.95 Å². The van der Waals surface area contributed by atoms with Gasteiger partial charge in [0.2, 0.25) is 17.8 Å². The number of aromatic nitrogens is 3. The Morgan fingerprint density at radius 1 is 1.19 bits per heavy atom. The first kappa shape index (κ1) is 10.2. The molecule has 0 spiro atoms. The molecular formula is C9H12N6O. The van der Waals surface area contributed by atoms with Crippen LogP contribution in [0.25, 0.3) is 0 Å². The summed E-state index contributed by atoms with van der Waals surface area (Å²) in [5, 5.41) is 0. The molecule has 0 fully saturated rings. The van der Waals surface area contributed by atoms with Gasteiger partial charge in [0.25, 0.3) is 0 Å². The monoisotopic (exact) mass is 220 g/mol. The minimum absolute atomic E-state index is 0.0922. The van der Waals surface area contributed by atoms with Crippen molar-refractivity contribution in [3.8, 4) is 0 Å². The van der Waals surface area contributed by atoms with Gasteiger partial charge in [-0.25, -0.2) is 0 Å². The Hall–Kier alpha value is -2.31. The number of aryl methyl sites for hydroxylation is 1. The molecule has 0 unspecified atom stereocenters. The van der Waals surface area contributed by atoms with Gasteiger partial charge in [-0.1, -0.05) is 0 Å². The van der Waals surface area contributed by atoms with Crippen LogP contribution in [-0.4, -0.2) is 22.0 Å². The van der Waals surface area contributed by atoms with E-state index in [1.807, 2.05) is 13.0 Å². The molecule has 0 amide bonds. The molecule has 0 aliphatic rings. The van der Waals surface area contributed by atoms with E-state index in [4.69, 9.17) is 15.9 Å². The molecule has 2 aromatic rings. The van der Waals surface area contributed by atoms with Gasteiger partial charge in [0.15, 0.2) is 0 Å². The average molecular weight is 220 g/mol. The zero-order chi connectivity index (χ0) is 11.7. The largest absolute Gasteiger partial charge is 0.467 e. The van der Waals surface area contributed by atoms with Crippen LogP contribution in [0.5, 0.6) is 0 Å². The van der Waals surface area contributed by atoms with Gasteiger partial charge in [0.05, 0.1) is 5.69 Å². The van der Waals surface area contributed by atoms with Crippen LogP contribution in [0.4, 0.5) is 23.5 Å². The molecule has 0 bridgehead atoms. The van der Waals surface area contributed by atoms with E-state index < -0.39 is 0 Å². The average Bonchev–Trinajstić information content (AvgIpc) is 2.62. The zero-order valence-electron chi connectivity index (χ0n) is 9.01. The van der Waals surface area contributed by atoms with Crippen molar-refractivity contribution >= 4 is 23.5 Å². The summed E-state index contributed by atoms with van der Waals surface area (Å²) in [6.45, 7) is 1.85. The summed E-state index contributed by atoms with van der Waals surface area (Å²) in [4.78, 5) is 13.4. The molecule has 4 N–H and O–H groups in total. The van der Waals surface area contributed by atoms with Crippen LogP contribution >= 0.6 is 0 Å². The van der Waals surface area contributed by atoms with Crippen LogP contribution in [0.1, 0.15) is 5.76 Å². The summed E-state index contributed by atoms with van der Waals surface area (Å²) in [5.74, 6) is 1.37. The summed E-state index contributed by atoms with van der Waals surface area (Å²) in [7, 11) is 1.79. The number of hydrogen-bond donors (Lipinski definition) is 2. The van der Waals surface area contributed by atoms with Crippen molar-refractivity contribution in [1.82, 2.24) is 15.0 Å². The first-order chi connectivity index (χ1) is 7.56. The molecule has 0 aromatic carbocycles. The van der Waals surface area contributed by atoms with Gasteiger partial charge in [-0.15, -0.1) is 0 Å². The highest BCUT2D eigenvalue weighted by atomic mass is 16.3. The normalized spacial score (nSPS) is 10.4. The first-order valence-corrected chi connectivity index (χ1v) is 4.62. The molecule has 0 aliphatic heterocycles. The predicted molar refractivity (Wildman–Crippen MR) is 60.2 cm³/mol. The maximum absolute atomic E-state index is 5.49. The molecule has 2 rings (SSSR count). The molecule has 0 aliphatic carbocycles. The highest BCUT2D eigenvalue weighted by Gasteiger charge is 2.11. The lowest BCUT2D eigenvalue weighted by atomic mass is 10.4. The predicted octanol–water partition coefficient (Wildman–Crippen LogP) is 0.705. The van der Waals surface area contributed by atoms with Crippen molar-refractivity contribution in [3.63, 3.8) is 0 Å². The fraction of sp³-hybridized carbons (Fsp3) is 0.222. The Bertz CT molecular complexity index is 488. The molecule has 7 heteroatoms. The van der Waals surface area contributed by atoms with Crippen molar-refractivity contribution in [3.05, 3.63) is 18.1 Å². The van der Waals surface area contributed by atoms with E-state index >= 15 is 0 Å². The van der Waals surface area contributed by atoms with Gasteiger partial charge < -0.3 is 20.8 Å². The van der Waals surface area contributed by atoms with Crippen LogP contribution in [0, 0.1) is 6.92 Å². The number of nitrogen functional groups attached to an aromatic ring is 2. The molecule has 2 heterocycles. The molecule has 7 nitrogen and oxygen atoms in total. The number of anilines is 4. The summed E-state index contributed by atoms with van der Waals surface area (Å²) >= 11 is 0. The Morgan fingerprint density at radius 3 is 2.31 bits per heavy atom. The summed E-state index contributed by atoms with van der Waals surface area (Å²) in [5.41, 5.74) is 11.8. The maximum atomic E-state index is 5.49. The fourth-order valence-electron chi connectivity index (χ4n) is 1.27. The first-order valence-electron chi connectivity index (χ1n) is 4.62. The van der Waals surface area contributed by atoms with E-state index in [1.54, 1.807) is 18.2 Å². The third kappa shape index (κ3) is 1.88. The number of rotatable bonds is 2. The van der Waals surface area contributed by atoms with Gasteiger partial charge in [-0.2, -0.15) is 15.0 Å². The van der Waals surface area contributed by atoms with Crippen LogP contribution in [0.15, 0.2) is 16.7 Å². The van der Waals surface area contributed by atoms with E-state index in [1.165, 1.54) is 0 Å². The number of hydrogen-bond acceptors (Lipinski definition) is 7. The van der Waals surface area contributed by atoms with Gasteiger partial charge >= 0.3 is 0 Å². The second kappa shape index (κ2) is 3.69. The Morgan fingerprint density at radius 2 is 1.81 bits per heavy atom. The third-order valence-electron chi connectivity index (χ3n) is 2.06. The molecule has 0 saturated carbocycles. The lowest BCUT2D eigenvalue weighted by Gasteiger charge is -2.14. The Labute approximate surface area is 92.1 Å². The van der Waals surface area contributed by atoms with Gasteiger partial charge in [-0.3, -0.25) is 0 Å². The molecule has 2 aromatic heterocycles. The quantitative estimate of drug-likeness (QED) is 0.767. The van der Waals surface area contributed by atoms with Crippen LogP contribution in [0.2, 0.25) is 0 Å². The van der Waals surface area contributed by atoms with E-state index in [9.17, 15) is 0 Å². The van der Waals surface area contributed by atoms with E-state index in [-0.39, 0.29) is 11.9 Å². The lowest BCUT2D eigenvalue weighted by molar-refractivity contribution is 0.534. The standard InChI is InChI=1S/C9H12N6O/c1-5-3-6(4-16-5)15(2)9-13-7(10)12-8(11)14-9/h3-4H,1-2H3,(H4,10,11,12,13,14). The third-order valence-corrected chi connectivity index (χ3v) is 2.06.